The number of esters is 1. The van der Waals surface area contributed by atoms with Crippen molar-refractivity contribution in [1.82, 2.24) is 0 Å². The number of allylic oxidation sites excluding steroid dienone is 2. The lowest BCUT2D eigenvalue weighted by Crippen LogP contribution is -2.45. The second-order valence-corrected chi connectivity index (χ2v) is 4.56. The summed E-state index contributed by atoms with van der Waals surface area (Å²) in [6, 6.07) is 0. The zero-order valence-electron chi connectivity index (χ0n) is 9.60. The van der Waals surface area contributed by atoms with Crippen LogP contribution in [0.25, 0.3) is 0 Å². The molecule has 3 nitrogen and oxygen atoms in total. The number of carbonyl (C=O) groups excluding carboxylic acids is 2. The highest BCUT2D eigenvalue weighted by Crippen LogP contribution is 2.49. The van der Waals surface area contributed by atoms with Crippen molar-refractivity contribution in [3.8, 4) is 0 Å². The van der Waals surface area contributed by atoms with Crippen LogP contribution in [0.4, 0.5) is 0 Å². The van der Waals surface area contributed by atoms with Crippen molar-refractivity contribution in [2.45, 2.75) is 32.3 Å². The number of ether oxygens (including phenoxy) is 1. The molecule has 0 aromatic heterocycles. The van der Waals surface area contributed by atoms with Gasteiger partial charge in [-0.05, 0) is 26.2 Å². The third-order valence-electron chi connectivity index (χ3n) is 3.52. The molecule has 0 aliphatic heterocycles. The maximum atomic E-state index is 11.8. The first-order chi connectivity index (χ1) is 7.58. The number of fused-ring (bicyclic) bond motifs is 2. The summed E-state index contributed by atoms with van der Waals surface area (Å²) in [6.07, 6.45) is 8.70. The first-order valence-electron chi connectivity index (χ1n) is 5.63. The largest absolute Gasteiger partial charge is 0.447 e. The Balaban J connectivity index is 2.21. The van der Waals surface area contributed by atoms with Crippen molar-refractivity contribution in [2.75, 3.05) is 0 Å². The van der Waals surface area contributed by atoms with E-state index in [2.05, 4.69) is 6.08 Å². The van der Waals surface area contributed by atoms with E-state index in [0.717, 1.165) is 6.42 Å². The van der Waals surface area contributed by atoms with E-state index in [4.69, 9.17) is 4.74 Å². The molecule has 2 aliphatic rings. The highest BCUT2D eigenvalue weighted by atomic mass is 16.6. The zero-order chi connectivity index (χ0) is 11.8. The van der Waals surface area contributed by atoms with E-state index in [1.54, 1.807) is 13.0 Å². The van der Waals surface area contributed by atoms with Gasteiger partial charge in [0.25, 0.3) is 0 Å². The molecule has 86 valence electrons. The van der Waals surface area contributed by atoms with E-state index in [9.17, 15) is 9.59 Å². The maximum absolute atomic E-state index is 11.8. The van der Waals surface area contributed by atoms with Gasteiger partial charge in [0.1, 0.15) is 0 Å². The predicted octanol–water partition coefficient (Wildman–Crippen LogP) is 2.03. The summed E-state index contributed by atoms with van der Waals surface area (Å²) < 4.78 is 5.41. The van der Waals surface area contributed by atoms with Crippen molar-refractivity contribution >= 4 is 11.8 Å². The third kappa shape index (κ3) is 1.60. The molecule has 1 fully saturated rings. The first kappa shape index (κ1) is 11.1. The Kier molecular flexibility index (Phi) is 2.70. The van der Waals surface area contributed by atoms with Gasteiger partial charge in [-0.3, -0.25) is 4.79 Å². The van der Waals surface area contributed by atoms with Gasteiger partial charge in [0.15, 0.2) is 11.4 Å². The lowest BCUT2D eigenvalue weighted by atomic mass is 9.84. The quantitative estimate of drug-likeness (QED) is 0.415. The molecule has 0 unspecified atom stereocenters. The van der Waals surface area contributed by atoms with E-state index in [1.165, 1.54) is 13.0 Å². The predicted molar refractivity (Wildman–Crippen MR) is 59.7 cm³/mol. The summed E-state index contributed by atoms with van der Waals surface area (Å²) in [7, 11) is 0. The number of carbonyl (C=O) groups is 2. The molecule has 0 spiro atoms. The third-order valence-corrected chi connectivity index (χ3v) is 3.52. The van der Waals surface area contributed by atoms with Crippen molar-refractivity contribution in [2.24, 2.45) is 11.8 Å². The molecule has 0 radical (unpaired) electrons. The Hall–Kier alpha value is -1.38. The minimum absolute atomic E-state index is 0.0396. The number of hydrogen-bond acceptors (Lipinski definition) is 3. The monoisotopic (exact) mass is 220 g/mol. The lowest BCUT2D eigenvalue weighted by molar-refractivity contribution is -0.165. The van der Waals surface area contributed by atoms with Crippen LogP contribution in [-0.2, 0) is 14.3 Å². The molecule has 0 saturated heterocycles. The van der Waals surface area contributed by atoms with Gasteiger partial charge in [0.05, 0.1) is 0 Å². The highest BCUT2D eigenvalue weighted by molar-refractivity contribution is 5.91. The Labute approximate surface area is 95.2 Å². The van der Waals surface area contributed by atoms with Crippen LogP contribution < -0.4 is 0 Å². The summed E-state index contributed by atoms with van der Waals surface area (Å²) in [5, 5.41) is 0. The minimum atomic E-state index is -0.893. The standard InChI is InChI=1S/C13H16O3/c1-3-4-12(15)16-13(9(2)14)8-10-5-6-11(13)7-10/h3-6,10-11H,7-8H2,1-2H3/b4-3+/t10-,11+,13-/m1/s1. The lowest BCUT2D eigenvalue weighted by Gasteiger charge is -2.32. The molecular weight excluding hydrogens is 204 g/mol. The Morgan fingerprint density at radius 3 is 2.62 bits per heavy atom. The SMILES string of the molecule is C/C=C/C(=O)O[C@@]1(C(C)=O)C[C@@H]2C=C[C@H]1C2. The molecule has 0 heterocycles. The Morgan fingerprint density at radius 1 is 1.44 bits per heavy atom. The van der Waals surface area contributed by atoms with Gasteiger partial charge in [-0.15, -0.1) is 0 Å². The van der Waals surface area contributed by atoms with Crippen molar-refractivity contribution < 1.29 is 14.3 Å². The van der Waals surface area contributed by atoms with Crippen molar-refractivity contribution in [3.63, 3.8) is 0 Å². The van der Waals surface area contributed by atoms with Gasteiger partial charge in [-0.25, -0.2) is 4.79 Å². The fourth-order valence-corrected chi connectivity index (χ4v) is 2.76. The smallest absolute Gasteiger partial charge is 0.331 e. The molecule has 0 N–H and O–H groups in total. The molecule has 0 amide bonds. The van der Waals surface area contributed by atoms with Crippen LogP contribution in [-0.4, -0.2) is 17.4 Å². The van der Waals surface area contributed by atoms with Gasteiger partial charge < -0.3 is 4.74 Å². The molecular formula is C13H16O3. The molecule has 3 heteroatoms. The van der Waals surface area contributed by atoms with E-state index >= 15 is 0 Å². The summed E-state index contributed by atoms with van der Waals surface area (Å²) in [6.45, 7) is 3.26. The fourth-order valence-electron chi connectivity index (χ4n) is 2.76. The summed E-state index contributed by atoms with van der Waals surface area (Å²) in [5.41, 5.74) is -0.893. The van der Waals surface area contributed by atoms with E-state index in [0.29, 0.717) is 12.3 Å². The average molecular weight is 220 g/mol. The molecule has 2 aliphatic carbocycles. The minimum Gasteiger partial charge on any atom is -0.447 e. The molecule has 0 aromatic rings. The number of ketones is 1. The number of rotatable bonds is 3. The van der Waals surface area contributed by atoms with Gasteiger partial charge >= 0.3 is 5.97 Å². The topological polar surface area (TPSA) is 43.4 Å². The number of hydrogen-bond donors (Lipinski definition) is 0. The Bertz CT molecular complexity index is 381. The Morgan fingerprint density at radius 2 is 2.19 bits per heavy atom. The van der Waals surface area contributed by atoms with Crippen LogP contribution >= 0.6 is 0 Å². The van der Waals surface area contributed by atoms with Crippen LogP contribution in [0.5, 0.6) is 0 Å². The molecule has 16 heavy (non-hydrogen) atoms. The van der Waals surface area contributed by atoms with E-state index in [1.807, 2.05) is 6.08 Å². The van der Waals surface area contributed by atoms with Crippen LogP contribution in [0.1, 0.15) is 26.7 Å². The first-order valence-corrected chi connectivity index (χ1v) is 5.63. The van der Waals surface area contributed by atoms with Gasteiger partial charge in [-0.1, -0.05) is 18.2 Å². The van der Waals surface area contributed by atoms with Crippen molar-refractivity contribution in [3.05, 3.63) is 24.3 Å². The maximum Gasteiger partial charge on any atom is 0.331 e. The van der Waals surface area contributed by atoms with Crippen LogP contribution in [0.3, 0.4) is 0 Å². The summed E-state index contributed by atoms with van der Waals surface area (Å²) >= 11 is 0. The molecule has 0 aromatic carbocycles. The highest BCUT2D eigenvalue weighted by Gasteiger charge is 2.54. The average Bonchev–Trinajstić information content (AvgIpc) is 2.77. The molecule has 1 saturated carbocycles. The normalized spacial score (nSPS) is 35.9. The second-order valence-electron chi connectivity index (χ2n) is 4.56. The van der Waals surface area contributed by atoms with Gasteiger partial charge in [0, 0.05) is 18.4 Å². The van der Waals surface area contributed by atoms with Gasteiger partial charge in [0.2, 0.25) is 0 Å². The van der Waals surface area contributed by atoms with E-state index < -0.39 is 11.6 Å². The number of Topliss-reactive ketones (excluding diaryl/α,β-unsaturated/α-hetero) is 1. The van der Waals surface area contributed by atoms with Crippen molar-refractivity contribution in [1.29, 1.82) is 0 Å². The molecule has 3 atom stereocenters. The van der Waals surface area contributed by atoms with Crippen LogP contribution in [0, 0.1) is 11.8 Å². The summed E-state index contributed by atoms with van der Waals surface area (Å²) in [4.78, 5) is 23.3. The van der Waals surface area contributed by atoms with Crippen LogP contribution in [0.2, 0.25) is 0 Å². The molecule has 2 rings (SSSR count). The second kappa shape index (κ2) is 3.89. The van der Waals surface area contributed by atoms with Crippen LogP contribution in [0.15, 0.2) is 24.3 Å². The zero-order valence-corrected chi connectivity index (χ0v) is 9.60. The van der Waals surface area contributed by atoms with E-state index in [-0.39, 0.29) is 11.7 Å². The van der Waals surface area contributed by atoms with Gasteiger partial charge in [-0.2, -0.15) is 0 Å². The molecule has 2 bridgehead atoms. The summed E-state index contributed by atoms with van der Waals surface area (Å²) in [5.74, 6) is 0.0114. The fraction of sp³-hybridized carbons (Fsp3) is 0.538.